The molecular formula is C21H34N4O+2. The molecule has 2 atom stereocenters. The molecule has 3 fully saturated rings. The zero-order valence-electron chi connectivity index (χ0n) is 16.6. The summed E-state index contributed by atoms with van der Waals surface area (Å²) in [6.45, 7) is 12.9. The van der Waals surface area contributed by atoms with E-state index < -0.39 is 0 Å². The lowest BCUT2D eigenvalue weighted by Gasteiger charge is -2.39. The number of hydrogen-bond acceptors (Lipinski definition) is 2. The fourth-order valence-electron chi connectivity index (χ4n) is 5.89. The van der Waals surface area contributed by atoms with E-state index in [9.17, 15) is 4.79 Å². The molecule has 2 aliphatic heterocycles. The fourth-order valence-corrected chi connectivity index (χ4v) is 5.89. The number of hydrogen-bond donors (Lipinski definition) is 1. The molecule has 2 saturated heterocycles. The Morgan fingerprint density at radius 1 is 1.23 bits per heavy atom. The van der Waals surface area contributed by atoms with Crippen LogP contribution in [0.25, 0.3) is 0 Å². The van der Waals surface area contributed by atoms with E-state index in [1.54, 1.807) is 0 Å². The molecule has 4 rings (SSSR count). The molecule has 5 nitrogen and oxygen atoms in total. The number of likely N-dealkylation sites (tertiary alicyclic amines) is 1. The van der Waals surface area contributed by atoms with Gasteiger partial charge in [-0.05, 0) is 36.2 Å². The van der Waals surface area contributed by atoms with E-state index in [0.717, 1.165) is 32.7 Å². The van der Waals surface area contributed by atoms with Crippen LogP contribution < -0.4 is 14.8 Å². The number of nitrogens with one attached hydrogen (secondary N) is 2. The molecule has 26 heavy (non-hydrogen) atoms. The van der Waals surface area contributed by atoms with Crippen molar-refractivity contribution in [1.29, 1.82) is 0 Å². The number of amides is 1. The summed E-state index contributed by atoms with van der Waals surface area (Å²) >= 11 is 0. The van der Waals surface area contributed by atoms with Crippen LogP contribution in [0, 0.1) is 10.8 Å². The van der Waals surface area contributed by atoms with Crippen molar-refractivity contribution >= 4 is 11.7 Å². The topological polar surface area (TPSA) is 42.1 Å². The van der Waals surface area contributed by atoms with Gasteiger partial charge in [-0.3, -0.25) is 9.69 Å². The third-order valence-corrected chi connectivity index (χ3v) is 6.64. The monoisotopic (exact) mass is 358 g/mol. The number of nitrogens with zero attached hydrogens (tertiary/aromatic N) is 2. The number of carbonyl (C=O) groups excluding carboxylic acids is 1. The summed E-state index contributed by atoms with van der Waals surface area (Å²) in [5, 5.41) is 0. The molecule has 0 unspecified atom stereocenters. The highest BCUT2D eigenvalue weighted by Gasteiger charge is 2.51. The molecule has 3 heterocycles. The first-order valence-corrected chi connectivity index (χ1v) is 10.2. The largest absolute Gasteiger partial charge is 0.334 e. The SMILES string of the molecule is CC1(C)C[C@@H]2C[C@@](C)(CN2C(=O)C[NH+]2CCN(c3cccc[nH+]3)CC2)C1. The number of piperazine rings is 1. The van der Waals surface area contributed by atoms with Crippen LogP contribution in [0.2, 0.25) is 0 Å². The van der Waals surface area contributed by atoms with Crippen molar-refractivity contribution in [3.63, 3.8) is 0 Å². The molecule has 1 amide bonds. The number of carbonyl (C=O) groups is 1. The number of aromatic nitrogens is 1. The van der Waals surface area contributed by atoms with Crippen molar-refractivity contribution in [2.75, 3.05) is 44.2 Å². The van der Waals surface area contributed by atoms with Gasteiger partial charge >= 0.3 is 0 Å². The molecule has 0 radical (unpaired) electrons. The standard InChI is InChI=1S/C21H32N4O/c1-20(2)12-17-13-21(3,15-20)16-25(17)19(26)14-23-8-10-24(11-9-23)18-6-4-5-7-22-18/h4-7,17H,8-16H2,1-3H3/p+2/t17-,21-/m1/s1. The molecular weight excluding hydrogens is 324 g/mol. The summed E-state index contributed by atoms with van der Waals surface area (Å²) in [7, 11) is 0. The molecule has 142 valence electrons. The first kappa shape index (κ1) is 17.8. The van der Waals surface area contributed by atoms with Crippen molar-refractivity contribution in [2.45, 2.75) is 46.1 Å². The second-order valence-electron chi connectivity index (χ2n) is 9.90. The van der Waals surface area contributed by atoms with Crippen LogP contribution >= 0.6 is 0 Å². The lowest BCUT2D eigenvalue weighted by atomic mass is 9.65. The van der Waals surface area contributed by atoms with Gasteiger partial charge in [0.15, 0.2) is 6.54 Å². The van der Waals surface area contributed by atoms with Crippen molar-refractivity contribution in [2.24, 2.45) is 10.8 Å². The van der Waals surface area contributed by atoms with Gasteiger partial charge in [0.05, 0.1) is 6.20 Å². The van der Waals surface area contributed by atoms with E-state index in [1.807, 2.05) is 12.3 Å². The second-order valence-corrected chi connectivity index (χ2v) is 9.90. The number of aromatic amines is 1. The number of H-pyrrole nitrogens is 1. The van der Waals surface area contributed by atoms with E-state index >= 15 is 0 Å². The Balaban J connectivity index is 1.32. The van der Waals surface area contributed by atoms with Crippen LogP contribution in [0.1, 0.15) is 40.0 Å². The minimum Gasteiger partial charge on any atom is -0.334 e. The van der Waals surface area contributed by atoms with Crippen LogP contribution in [0.5, 0.6) is 0 Å². The minimum atomic E-state index is 0.333. The van der Waals surface area contributed by atoms with E-state index in [-0.39, 0.29) is 0 Å². The predicted molar refractivity (Wildman–Crippen MR) is 102 cm³/mol. The number of pyridine rings is 1. The van der Waals surface area contributed by atoms with Gasteiger partial charge in [-0.1, -0.05) is 26.8 Å². The average molecular weight is 359 g/mol. The molecule has 3 aliphatic rings. The molecule has 0 spiro atoms. The third-order valence-electron chi connectivity index (χ3n) is 6.64. The highest BCUT2D eigenvalue weighted by molar-refractivity contribution is 5.78. The lowest BCUT2D eigenvalue weighted by molar-refractivity contribution is -0.892. The van der Waals surface area contributed by atoms with E-state index in [1.165, 1.54) is 30.0 Å². The first-order chi connectivity index (χ1) is 12.3. The normalized spacial score (nSPS) is 31.3. The van der Waals surface area contributed by atoms with Gasteiger partial charge in [0, 0.05) is 18.7 Å². The first-order valence-electron chi connectivity index (χ1n) is 10.2. The predicted octanol–water partition coefficient (Wildman–Crippen LogP) is 0.633. The zero-order chi connectivity index (χ0) is 18.4. The molecule has 2 N–H and O–H groups in total. The maximum atomic E-state index is 13.0. The molecule has 1 saturated carbocycles. The summed E-state index contributed by atoms with van der Waals surface area (Å²) in [6, 6.07) is 6.68. The zero-order valence-corrected chi connectivity index (χ0v) is 16.6. The lowest BCUT2D eigenvalue weighted by Crippen LogP contribution is -3.16. The molecule has 2 bridgehead atoms. The minimum absolute atomic E-state index is 0.333. The van der Waals surface area contributed by atoms with Gasteiger partial charge in [0.2, 0.25) is 0 Å². The van der Waals surface area contributed by atoms with Crippen LogP contribution in [0.15, 0.2) is 24.4 Å². The van der Waals surface area contributed by atoms with Crippen molar-refractivity contribution in [1.82, 2.24) is 4.90 Å². The smallest absolute Gasteiger partial charge is 0.278 e. The molecule has 1 aromatic rings. The fraction of sp³-hybridized carbons (Fsp3) is 0.714. The Hall–Kier alpha value is -1.62. The van der Waals surface area contributed by atoms with Gasteiger partial charge < -0.3 is 9.80 Å². The maximum absolute atomic E-state index is 13.0. The highest BCUT2D eigenvalue weighted by Crippen LogP contribution is 2.52. The molecule has 5 heteroatoms. The Kier molecular flexibility index (Phi) is 4.46. The maximum Gasteiger partial charge on any atom is 0.278 e. The van der Waals surface area contributed by atoms with Gasteiger partial charge in [0.1, 0.15) is 26.2 Å². The average Bonchev–Trinajstić information content (AvgIpc) is 2.85. The van der Waals surface area contributed by atoms with Crippen LogP contribution in [-0.4, -0.2) is 56.1 Å². The summed E-state index contributed by atoms with van der Waals surface area (Å²) in [5.74, 6) is 1.56. The van der Waals surface area contributed by atoms with Gasteiger partial charge in [-0.25, -0.2) is 4.98 Å². The summed E-state index contributed by atoms with van der Waals surface area (Å²) in [4.78, 5) is 22.4. The van der Waals surface area contributed by atoms with Gasteiger partial charge in [-0.15, -0.1) is 0 Å². The Morgan fingerprint density at radius 3 is 2.69 bits per heavy atom. The third kappa shape index (κ3) is 3.59. The summed E-state index contributed by atoms with van der Waals surface area (Å²) in [6.07, 6.45) is 5.60. The quantitative estimate of drug-likeness (QED) is 0.861. The van der Waals surface area contributed by atoms with Crippen molar-refractivity contribution in [3.05, 3.63) is 24.4 Å². The summed E-state index contributed by atoms with van der Waals surface area (Å²) in [5.41, 5.74) is 0.705. The Bertz CT molecular complexity index is 653. The van der Waals surface area contributed by atoms with E-state index in [4.69, 9.17) is 0 Å². The second kappa shape index (κ2) is 6.52. The van der Waals surface area contributed by atoms with E-state index in [2.05, 4.69) is 47.7 Å². The molecule has 1 aromatic heterocycles. The number of quaternary nitrogens is 1. The molecule has 0 aromatic carbocycles. The molecule has 1 aliphatic carbocycles. The summed E-state index contributed by atoms with van der Waals surface area (Å²) < 4.78 is 0. The van der Waals surface area contributed by atoms with Crippen LogP contribution in [-0.2, 0) is 4.79 Å². The van der Waals surface area contributed by atoms with Gasteiger partial charge in [-0.2, -0.15) is 0 Å². The van der Waals surface area contributed by atoms with E-state index in [0.29, 0.717) is 29.3 Å². The van der Waals surface area contributed by atoms with Crippen LogP contribution in [0.3, 0.4) is 0 Å². The number of rotatable bonds is 3. The Morgan fingerprint density at radius 2 is 2.00 bits per heavy atom. The van der Waals surface area contributed by atoms with Crippen molar-refractivity contribution < 1.29 is 14.7 Å². The highest BCUT2D eigenvalue weighted by atomic mass is 16.2. The van der Waals surface area contributed by atoms with Crippen LogP contribution in [0.4, 0.5) is 5.82 Å². The van der Waals surface area contributed by atoms with Crippen molar-refractivity contribution in [3.8, 4) is 0 Å². The number of anilines is 1. The van der Waals surface area contributed by atoms with Gasteiger partial charge in [0.25, 0.3) is 11.7 Å². The Labute approximate surface area is 157 Å². The number of fused-ring (bicyclic) bond motifs is 2.